The van der Waals surface area contributed by atoms with E-state index in [0.717, 1.165) is 11.4 Å². The van der Waals surface area contributed by atoms with E-state index in [-0.39, 0.29) is 19.5 Å². The van der Waals surface area contributed by atoms with Gasteiger partial charge in [0.05, 0.1) is 11.4 Å². The summed E-state index contributed by atoms with van der Waals surface area (Å²) in [5.41, 5.74) is 6.82. The molecule has 0 aliphatic carbocycles. The van der Waals surface area contributed by atoms with Crippen LogP contribution in [0.3, 0.4) is 0 Å². The monoisotopic (exact) mass is 476 g/mol. The van der Waals surface area contributed by atoms with Gasteiger partial charge in [0, 0.05) is 11.1 Å². The van der Waals surface area contributed by atoms with E-state index >= 15 is 0 Å². The summed E-state index contributed by atoms with van der Waals surface area (Å²) in [5.74, 6) is 0. The van der Waals surface area contributed by atoms with Crippen LogP contribution >= 0.6 is 22.7 Å². The molecule has 0 unspecified atom stereocenters. The maximum Gasteiger partial charge on any atom is 2.00 e. The molecule has 2 aromatic heterocycles. The zero-order valence-electron chi connectivity index (χ0n) is 15.0. The molecular formula is C20H16N2S4Zn. The molecule has 2 nitrogen and oxygen atoms in total. The second-order valence-corrected chi connectivity index (χ2v) is 8.63. The van der Waals surface area contributed by atoms with Crippen molar-refractivity contribution in [2.45, 2.75) is 22.5 Å². The van der Waals surface area contributed by atoms with Gasteiger partial charge in [-0.25, -0.2) is 0 Å². The first-order valence-corrected chi connectivity index (χ1v) is 10.5. The van der Waals surface area contributed by atoms with Crippen LogP contribution in [-0.4, -0.2) is 9.97 Å². The van der Waals surface area contributed by atoms with Crippen LogP contribution in [0.5, 0.6) is 0 Å². The Kier molecular flexibility index (Phi) is 8.45. The van der Waals surface area contributed by atoms with Gasteiger partial charge >= 0.3 is 19.5 Å². The SMILES string of the molecule is Cc1ccccc1-c1csc([S-])n1.Cc1ccccc1-c1csc([S-])n1.[Zn+2]. The third kappa shape index (κ3) is 5.87. The Bertz CT molecular complexity index is 929. The van der Waals surface area contributed by atoms with Gasteiger partial charge in [0.1, 0.15) is 0 Å². The van der Waals surface area contributed by atoms with E-state index in [0.29, 0.717) is 8.68 Å². The van der Waals surface area contributed by atoms with Crippen molar-refractivity contribution in [3.8, 4) is 22.5 Å². The van der Waals surface area contributed by atoms with Crippen LogP contribution in [-0.2, 0) is 44.7 Å². The summed E-state index contributed by atoms with van der Waals surface area (Å²) in [5, 5.41) is 4.01. The average Bonchev–Trinajstić information content (AvgIpc) is 3.25. The van der Waals surface area contributed by atoms with Crippen LogP contribution < -0.4 is 0 Å². The van der Waals surface area contributed by atoms with Crippen LogP contribution in [0.25, 0.3) is 22.5 Å². The Hall–Kier alpha value is -1.24. The fraction of sp³-hybridized carbons (Fsp3) is 0.100. The van der Waals surface area contributed by atoms with Crippen molar-refractivity contribution in [2.24, 2.45) is 0 Å². The Morgan fingerprint density at radius 2 is 1.04 bits per heavy atom. The smallest absolute Gasteiger partial charge is 0.408 e. The quantitative estimate of drug-likeness (QED) is 0.259. The molecule has 0 aliphatic heterocycles. The Balaban J connectivity index is 0.000000187. The molecule has 0 atom stereocenters. The number of thiazole rings is 2. The number of nitrogens with zero attached hydrogens (tertiary/aromatic N) is 2. The van der Waals surface area contributed by atoms with E-state index < -0.39 is 0 Å². The molecule has 2 aromatic carbocycles. The van der Waals surface area contributed by atoms with Gasteiger partial charge in [-0.15, -0.1) is 0 Å². The van der Waals surface area contributed by atoms with E-state index in [4.69, 9.17) is 25.3 Å². The molecule has 0 spiro atoms. The van der Waals surface area contributed by atoms with E-state index in [1.165, 1.54) is 44.9 Å². The Morgan fingerprint density at radius 3 is 1.33 bits per heavy atom. The van der Waals surface area contributed by atoms with Gasteiger partial charge in [-0.3, -0.25) is 9.97 Å². The number of benzene rings is 2. The number of aryl methyl sites for hydroxylation is 2. The van der Waals surface area contributed by atoms with E-state index in [9.17, 15) is 0 Å². The van der Waals surface area contributed by atoms with Gasteiger partial charge in [-0.2, -0.15) is 0 Å². The molecule has 0 amide bonds. The molecule has 2 heterocycles. The molecule has 0 N–H and O–H groups in total. The number of rotatable bonds is 2. The van der Waals surface area contributed by atoms with Crippen molar-refractivity contribution in [3.63, 3.8) is 0 Å². The molecule has 7 heteroatoms. The zero-order valence-corrected chi connectivity index (χ0v) is 21.2. The molecule has 0 bridgehead atoms. The molecule has 132 valence electrons. The van der Waals surface area contributed by atoms with Crippen molar-refractivity contribution in [2.75, 3.05) is 0 Å². The van der Waals surface area contributed by atoms with E-state index in [1.807, 2.05) is 35.0 Å². The fourth-order valence-electron chi connectivity index (χ4n) is 2.48. The molecule has 0 saturated heterocycles. The number of hydrogen-bond acceptors (Lipinski definition) is 6. The summed E-state index contributed by atoms with van der Waals surface area (Å²) < 4.78 is 1.41. The fourth-order valence-corrected chi connectivity index (χ4v) is 4.05. The van der Waals surface area contributed by atoms with Crippen molar-refractivity contribution in [3.05, 3.63) is 70.4 Å². The van der Waals surface area contributed by atoms with E-state index in [2.05, 4.69) is 48.1 Å². The Morgan fingerprint density at radius 1 is 0.667 bits per heavy atom. The molecule has 0 aliphatic rings. The minimum Gasteiger partial charge on any atom is -0.408 e. The normalized spacial score (nSPS) is 9.85. The van der Waals surface area contributed by atoms with Crippen LogP contribution in [0.2, 0.25) is 0 Å². The van der Waals surface area contributed by atoms with Gasteiger partial charge in [0.15, 0.2) is 0 Å². The molecule has 4 aromatic rings. The van der Waals surface area contributed by atoms with Gasteiger partial charge in [-0.05, 0) is 33.7 Å². The van der Waals surface area contributed by atoms with Crippen molar-refractivity contribution in [1.82, 2.24) is 9.97 Å². The standard InChI is InChI=1S/2C10H9NS2.Zn/c2*1-7-4-2-3-5-8(7)9-6-13-10(12)11-9;/h2*2-6H,1H3,(H,11,12);/q;;+2/p-2. The molecule has 4 rings (SSSR count). The average molecular weight is 478 g/mol. The first-order chi connectivity index (χ1) is 12.5. The predicted octanol–water partition coefficient (Wildman–Crippen LogP) is 6.05. The first-order valence-electron chi connectivity index (χ1n) is 7.91. The summed E-state index contributed by atoms with van der Waals surface area (Å²) in [6.07, 6.45) is 0. The summed E-state index contributed by atoms with van der Waals surface area (Å²) in [6, 6.07) is 16.4. The first kappa shape index (κ1) is 22.1. The molecular weight excluding hydrogens is 462 g/mol. The van der Waals surface area contributed by atoms with Gasteiger partial charge in [0.25, 0.3) is 0 Å². The summed E-state index contributed by atoms with van der Waals surface area (Å²) in [6.45, 7) is 4.16. The van der Waals surface area contributed by atoms with Gasteiger partial charge < -0.3 is 47.9 Å². The molecule has 0 radical (unpaired) electrons. The zero-order chi connectivity index (χ0) is 18.5. The van der Waals surface area contributed by atoms with Crippen LogP contribution in [0.1, 0.15) is 11.1 Å². The minimum atomic E-state index is 0. The van der Waals surface area contributed by atoms with Crippen LogP contribution in [0, 0.1) is 13.8 Å². The molecule has 0 saturated carbocycles. The third-order valence-electron chi connectivity index (χ3n) is 3.81. The number of aromatic nitrogens is 2. The maximum atomic E-state index is 4.98. The summed E-state index contributed by atoms with van der Waals surface area (Å²) >= 11 is 13.0. The van der Waals surface area contributed by atoms with Gasteiger partial charge in [-0.1, -0.05) is 59.3 Å². The van der Waals surface area contributed by atoms with Crippen molar-refractivity contribution < 1.29 is 19.5 Å². The molecule has 27 heavy (non-hydrogen) atoms. The minimum absolute atomic E-state index is 0. The topological polar surface area (TPSA) is 25.8 Å². The third-order valence-corrected chi connectivity index (χ3v) is 5.84. The predicted molar refractivity (Wildman–Crippen MR) is 116 cm³/mol. The van der Waals surface area contributed by atoms with Crippen molar-refractivity contribution in [1.29, 1.82) is 0 Å². The van der Waals surface area contributed by atoms with E-state index in [1.54, 1.807) is 0 Å². The van der Waals surface area contributed by atoms with Gasteiger partial charge in [0.2, 0.25) is 0 Å². The maximum absolute atomic E-state index is 4.98. The number of hydrogen-bond donors (Lipinski definition) is 0. The largest absolute Gasteiger partial charge is 2.00 e. The van der Waals surface area contributed by atoms with Crippen LogP contribution in [0.15, 0.2) is 68.0 Å². The van der Waals surface area contributed by atoms with Crippen molar-refractivity contribution >= 4 is 47.9 Å². The summed E-state index contributed by atoms with van der Waals surface area (Å²) in [7, 11) is 0. The van der Waals surface area contributed by atoms with Crippen LogP contribution in [0.4, 0.5) is 0 Å². The summed E-state index contributed by atoms with van der Waals surface area (Å²) in [4.78, 5) is 8.55. The second kappa shape index (κ2) is 10.3. The molecule has 0 fully saturated rings. The Labute approximate surface area is 191 Å². The second-order valence-electron chi connectivity index (χ2n) is 5.63.